The molecule has 0 bridgehead atoms. The van der Waals surface area contributed by atoms with Crippen molar-refractivity contribution in [2.75, 3.05) is 6.61 Å². The lowest BCUT2D eigenvalue weighted by atomic mass is 9.95. The van der Waals surface area contributed by atoms with Crippen molar-refractivity contribution >= 4 is 0 Å². The zero-order chi connectivity index (χ0) is 7.40. The fourth-order valence-corrected chi connectivity index (χ4v) is 1.24. The molecule has 10 heavy (non-hydrogen) atoms. The van der Waals surface area contributed by atoms with Crippen molar-refractivity contribution in [3.05, 3.63) is 6.10 Å². The molecule has 1 aliphatic rings. The molecule has 0 N–H and O–H groups in total. The largest absolute Gasteiger partial charge is 0.371 e. The van der Waals surface area contributed by atoms with Gasteiger partial charge in [-0.2, -0.15) is 0 Å². The molecule has 1 heterocycles. The van der Waals surface area contributed by atoms with Gasteiger partial charge in [-0.1, -0.05) is 33.1 Å². The Kier molecular flexibility index (Phi) is 3.20. The first kappa shape index (κ1) is 8.06. The second-order valence-electron chi connectivity index (χ2n) is 3.14. The third-order valence-electron chi connectivity index (χ3n) is 2.10. The molecule has 0 aromatic rings. The Balaban J connectivity index is 1.92. The fraction of sp³-hybridized carbons (Fsp3) is 0.889. The van der Waals surface area contributed by atoms with E-state index in [9.17, 15) is 0 Å². The first-order chi connectivity index (χ1) is 4.84. The van der Waals surface area contributed by atoms with Gasteiger partial charge in [0, 0.05) is 5.92 Å². The molecule has 1 fully saturated rings. The second kappa shape index (κ2) is 3.97. The molecule has 0 spiro atoms. The standard InChI is InChI=1S/C9H17O/c1-3-4-5-6-9-8(2)7-10-9/h8H,3-7H2,1-2H3. The van der Waals surface area contributed by atoms with Crippen LogP contribution >= 0.6 is 0 Å². The summed E-state index contributed by atoms with van der Waals surface area (Å²) >= 11 is 0. The lowest BCUT2D eigenvalue weighted by molar-refractivity contribution is -0.0221. The molecule has 1 unspecified atom stereocenters. The summed E-state index contributed by atoms with van der Waals surface area (Å²) in [5, 5.41) is 0. The quantitative estimate of drug-likeness (QED) is 0.547. The van der Waals surface area contributed by atoms with Gasteiger partial charge in [-0.05, 0) is 6.42 Å². The number of ether oxygens (including phenoxy) is 1. The van der Waals surface area contributed by atoms with Crippen LogP contribution in [0.4, 0.5) is 0 Å². The van der Waals surface area contributed by atoms with Crippen LogP contribution in [0, 0.1) is 12.0 Å². The Bertz CT molecular complexity index is 90.7. The van der Waals surface area contributed by atoms with Gasteiger partial charge in [0.05, 0.1) is 6.61 Å². The normalized spacial score (nSPS) is 26.4. The molecule has 1 aliphatic heterocycles. The summed E-state index contributed by atoms with van der Waals surface area (Å²) in [4.78, 5) is 0. The van der Waals surface area contributed by atoms with Crippen molar-refractivity contribution in [1.29, 1.82) is 0 Å². The third-order valence-corrected chi connectivity index (χ3v) is 2.10. The Morgan fingerprint density at radius 3 is 2.70 bits per heavy atom. The smallest absolute Gasteiger partial charge is 0.102 e. The molecule has 1 atom stereocenters. The summed E-state index contributed by atoms with van der Waals surface area (Å²) in [7, 11) is 0. The Labute approximate surface area is 63.8 Å². The first-order valence-corrected chi connectivity index (χ1v) is 4.33. The molecule has 0 aromatic carbocycles. The summed E-state index contributed by atoms with van der Waals surface area (Å²) in [6.45, 7) is 5.43. The summed E-state index contributed by atoms with van der Waals surface area (Å²) in [5.41, 5.74) is 0. The maximum atomic E-state index is 5.31. The Hall–Kier alpha value is -0.0400. The van der Waals surface area contributed by atoms with Crippen molar-refractivity contribution < 1.29 is 4.74 Å². The molecule has 1 saturated heterocycles. The predicted molar refractivity (Wildman–Crippen MR) is 42.5 cm³/mol. The van der Waals surface area contributed by atoms with Crippen LogP contribution in [0.2, 0.25) is 0 Å². The van der Waals surface area contributed by atoms with Gasteiger partial charge in [-0.15, -0.1) is 0 Å². The van der Waals surface area contributed by atoms with Crippen LogP contribution in [-0.4, -0.2) is 6.61 Å². The van der Waals surface area contributed by atoms with Crippen molar-refractivity contribution in [3.63, 3.8) is 0 Å². The average Bonchev–Trinajstić information content (AvgIpc) is 1.95. The van der Waals surface area contributed by atoms with E-state index >= 15 is 0 Å². The molecule has 1 nitrogen and oxygen atoms in total. The third kappa shape index (κ3) is 1.98. The van der Waals surface area contributed by atoms with Gasteiger partial charge in [0.15, 0.2) is 0 Å². The van der Waals surface area contributed by atoms with Gasteiger partial charge in [0.25, 0.3) is 0 Å². The van der Waals surface area contributed by atoms with E-state index in [1.807, 2.05) is 0 Å². The van der Waals surface area contributed by atoms with Gasteiger partial charge in [0.2, 0.25) is 0 Å². The minimum Gasteiger partial charge on any atom is -0.371 e. The molecular weight excluding hydrogens is 124 g/mol. The maximum Gasteiger partial charge on any atom is 0.102 e. The monoisotopic (exact) mass is 141 g/mol. The molecule has 0 aliphatic carbocycles. The van der Waals surface area contributed by atoms with Crippen molar-refractivity contribution in [2.24, 2.45) is 5.92 Å². The van der Waals surface area contributed by atoms with E-state index in [4.69, 9.17) is 4.74 Å². The summed E-state index contributed by atoms with van der Waals surface area (Å²) < 4.78 is 5.31. The van der Waals surface area contributed by atoms with Crippen LogP contribution in [-0.2, 0) is 4.74 Å². The Morgan fingerprint density at radius 2 is 2.30 bits per heavy atom. The van der Waals surface area contributed by atoms with Gasteiger partial charge in [-0.25, -0.2) is 0 Å². The predicted octanol–water partition coefficient (Wildman–Crippen LogP) is 2.76. The van der Waals surface area contributed by atoms with E-state index in [0.717, 1.165) is 12.5 Å². The van der Waals surface area contributed by atoms with Crippen LogP contribution in [0.15, 0.2) is 0 Å². The van der Waals surface area contributed by atoms with Gasteiger partial charge >= 0.3 is 0 Å². The summed E-state index contributed by atoms with van der Waals surface area (Å²) in [5.74, 6) is 0.747. The molecule has 1 heteroatoms. The zero-order valence-electron chi connectivity index (χ0n) is 7.02. The zero-order valence-corrected chi connectivity index (χ0v) is 7.02. The van der Waals surface area contributed by atoms with Crippen LogP contribution < -0.4 is 0 Å². The molecule has 0 saturated carbocycles. The van der Waals surface area contributed by atoms with Crippen LogP contribution in [0.5, 0.6) is 0 Å². The molecule has 59 valence electrons. The molecule has 1 radical (unpaired) electrons. The van der Waals surface area contributed by atoms with Gasteiger partial charge in [0.1, 0.15) is 6.10 Å². The van der Waals surface area contributed by atoms with E-state index in [-0.39, 0.29) is 0 Å². The topological polar surface area (TPSA) is 9.23 Å². The van der Waals surface area contributed by atoms with Gasteiger partial charge in [-0.3, -0.25) is 0 Å². The van der Waals surface area contributed by atoms with E-state index < -0.39 is 0 Å². The van der Waals surface area contributed by atoms with E-state index in [0.29, 0.717) is 0 Å². The van der Waals surface area contributed by atoms with Crippen molar-refractivity contribution in [1.82, 2.24) is 0 Å². The highest BCUT2D eigenvalue weighted by molar-refractivity contribution is 4.92. The van der Waals surface area contributed by atoms with Crippen LogP contribution in [0.3, 0.4) is 0 Å². The highest BCUT2D eigenvalue weighted by atomic mass is 16.5. The van der Waals surface area contributed by atoms with Gasteiger partial charge < -0.3 is 4.74 Å². The van der Waals surface area contributed by atoms with E-state index in [1.54, 1.807) is 0 Å². The second-order valence-corrected chi connectivity index (χ2v) is 3.14. The summed E-state index contributed by atoms with van der Waals surface area (Å²) in [6, 6.07) is 0. The number of hydrogen-bond acceptors (Lipinski definition) is 1. The number of hydrogen-bond donors (Lipinski definition) is 0. The molecular formula is C9H17O. The van der Waals surface area contributed by atoms with Crippen molar-refractivity contribution in [2.45, 2.75) is 39.5 Å². The summed E-state index contributed by atoms with van der Waals surface area (Å²) in [6.07, 6.45) is 6.51. The molecule has 1 rings (SSSR count). The number of rotatable bonds is 4. The maximum absolute atomic E-state index is 5.31. The molecule has 0 aromatic heterocycles. The Morgan fingerprint density at radius 1 is 1.50 bits per heavy atom. The van der Waals surface area contributed by atoms with Crippen LogP contribution in [0.25, 0.3) is 0 Å². The highest BCUT2D eigenvalue weighted by Gasteiger charge is 2.27. The fourth-order valence-electron chi connectivity index (χ4n) is 1.24. The van der Waals surface area contributed by atoms with Crippen molar-refractivity contribution in [3.8, 4) is 0 Å². The minimum atomic E-state index is 0.747. The SMILES string of the molecule is CCCCC[C]1OCC1C. The average molecular weight is 141 g/mol. The minimum absolute atomic E-state index is 0.747. The number of unbranched alkanes of at least 4 members (excludes halogenated alkanes) is 2. The van der Waals surface area contributed by atoms with E-state index in [2.05, 4.69) is 13.8 Å². The highest BCUT2D eigenvalue weighted by Crippen LogP contribution is 2.31. The molecule has 0 amide bonds. The lowest BCUT2D eigenvalue weighted by Gasteiger charge is -2.32. The first-order valence-electron chi connectivity index (χ1n) is 4.33. The van der Waals surface area contributed by atoms with E-state index in [1.165, 1.54) is 31.8 Å². The lowest BCUT2D eigenvalue weighted by Crippen LogP contribution is -2.29. The van der Waals surface area contributed by atoms with Crippen LogP contribution in [0.1, 0.15) is 39.5 Å².